The van der Waals surface area contributed by atoms with Crippen molar-refractivity contribution in [2.24, 2.45) is 11.7 Å². The Morgan fingerprint density at radius 3 is 2.52 bits per heavy atom. The van der Waals surface area contributed by atoms with Gasteiger partial charge < -0.3 is 16.0 Å². The van der Waals surface area contributed by atoms with Gasteiger partial charge in [-0.2, -0.15) is 0 Å². The highest BCUT2D eigenvalue weighted by molar-refractivity contribution is 5.99. The van der Waals surface area contributed by atoms with Crippen LogP contribution in [0.15, 0.2) is 48.5 Å². The van der Waals surface area contributed by atoms with Gasteiger partial charge in [0, 0.05) is 17.6 Å². The summed E-state index contributed by atoms with van der Waals surface area (Å²) in [6.45, 7) is 0. The van der Waals surface area contributed by atoms with E-state index >= 15 is 0 Å². The molecule has 3 rings (SSSR count). The van der Waals surface area contributed by atoms with Crippen molar-refractivity contribution < 1.29 is 9.59 Å². The number of benzene rings is 2. The SMILES string of the molecule is CN(C)[C@H](Cc1ccc2c(c1)CC(=O)N2)CC(Cc1ccccc1)C(N)=O. The van der Waals surface area contributed by atoms with E-state index in [1.165, 1.54) is 5.56 Å². The lowest BCUT2D eigenvalue weighted by Crippen LogP contribution is -2.36. The molecule has 5 heteroatoms. The van der Waals surface area contributed by atoms with Gasteiger partial charge in [0.2, 0.25) is 11.8 Å². The lowest BCUT2D eigenvalue weighted by molar-refractivity contribution is -0.122. The molecule has 5 nitrogen and oxygen atoms in total. The molecule has 3 N–H and O–H groups in total. The third-order valence-electron chi connectivity index (χ3n) is 5.28. The molecule has 0 aliphatic carbocycles. The Labute approximate surface area is 160 Å². The molecule has 27 heavy (non-hydrogen) atoms. The fraction of sp³-hybridized carbons (Fsp3) is 0.364. The Morgan fingerprint density at radius 2 is 1.85 bits per heavy atom. The molecule has 1 heterocycles. The van der Waals surface area contributed by atoms with E-state index in [1.54, 1.807) is 0 Å². The van der Waals surface area contributed by atoms with Crippen molar-refractivity contribution in [3.8, 4) is 0 Å². The summed E-state index contributed by atoms with van der Waals surface area (Å²) >= 11 is 0. The van der Waals surface area contributed by atoms with Crippen LogP contribution in [0.4, 0.5) is 5.69 Å². The normalized spacial score (nSPS) is 15.3. The number of nitrogens with one attached hydrogen (secondary N) is 1. The van der Waals surface area contributed by atoms with E-state index in [1.807, 2.05) is 50.5 Å². The summed E-state index contributed by atoms with van der Waals surface area (Å²) in [5.74, 6) is -0.421. The average Bonchev–Trinajstić information content (AvgIpc) is 3.00. The fourth-order valence-electron chi connectivity index (χ4n) is 3.69. The number of nitrogens with two attached hydrogens (primary N) is 1. The van der Waals surface area contributed by atoms with Crippen LogP contribution in [0.5, 0.6) is 0 Å². The molecule has 0 spiro atoms. The van der Waals surface area contributed by atoms with Gasteiger partial charge in [-0.3, -0.25) is 9.59 Å². The van der Waals surface area contributed by atoms with E-state index in [0.29, 0.717) is 19.3 Å². The molecule has 2 aromatic carbocycles. The number of rotatable bonds is 8. The van der Waals surface area contributed by atoms with Crippen LogP contribution in [0.25, 0.3) is 0 Å². The molecule has 2 atom stereocenters. The van der Waals surface area contributed by atoms with E-state index in [-0.39, 0.29) is 23.8 Å². The molecule has 0 bridgehead atoms. The average molecular weight is 365 g/mol. The van der Waals surface area contributed by atoms with Crippen molar-refractivity contribution in [3.05, 3.63) is 65.2 Å². The molecule has 2 amide bonds. The second-order valence-electron chi connectivity index (χ2n) is 7.56. The molecule has 0 saturated heterocycles. The van der Waals surface area contributed by atoms with Crippen LogP contribution < -0.4 is 11.1 Å². The van der Waals surface area contributed by atoms with Crippen molar-refractivity contribution in [3.63, 3.8) is 0 Å². The van der Waals surface area contributed by atoms with Crippen LogP contribution in [0.1, 0.15) is 23.1 Å². The molecule has 1 aliphatic heterocycles. The van der Waals surface area contributed by atoms with E-state index in [2.05, 4.69) is 22.3 Å². The van der Waals surface area contributed by atoms with Crippen LogP contribution in [0.2, 0.25) is 0 Å². The van der Waals surface area contributed by atoms with Crippen LogP contribution >= 0.6 is 0 Å². The van der Waals surface area contributed by atoms with Crippen molar-refractivity contribution >= 4 is 17.5 Å². The first-order valence-corrected chi connectivity index (χ1v) is 9.33. The third-order valence-corrected chi connectivity index (χ3v) is 5.28. The molecular weight excluding hydrogens is 338 g/mol. The monoisotopic (exact) mass is 365 g/mol. The number of hydrogen-bond acceptors (Lipinski definition) is 3. The molecule has 0 aromatic heterocycles. The zero-order valence-corrected chi connectivity index (χ0v) is 15.9. The Hall–Kier alpha value is -2.66. The van der Waals surface area contributed by atoms with Gasteiger partial charge in [0.1, 0.15) is 0 Å². The Morgan fingerprint density at radius 1 is 1.11 bits per heavy atom. The minimum Gasteiger partial charge on any atom is -0.369 e. The van der Waals surface area contributed by atoms with Crippen molar-refractivity contribution in [2.75, 3.05) is 19.4 Å². The summed E-state index contributed by atoms with van der Waals surface area (Å²) in [7, 11) is 4.06. The zero-order chi connectivity index (χ0) is 19.4. The number of primary amides is 1. The third kappa shape index (κ3) is 4.95. The number of carbonyl (C=O) groups excluding carboxylic acids is 2. The quantitative estimate of drug-likeness (QED) is 0.754. The molecule has 0 fully saturated rings. The first kappa shape index (κ1) is 19.1. The first-order chi connectivity index (χ1) is 12.9. The number of likely N-dealkylation sites (N-methyl/N-ethyl adjacent to an activating group) is 1. The van der Waals surface area contributed by atoms with Crippen molar-refractivity contribution in [1.82, 2.24) is 4.90 Å². The minimum absolute atomic E-state index is 0.0444. The summed E-state index contributed by atoms with van der Waals surface area (Å²) in [5.41, 5.74) is 9.96. The summed E-state index contributed by atoms with van der Waals surface area (Å²) in [5, 5.41) is 2.86. The van der Waals surface area contributed by atoms with Gasteiger partial charge in [-0.05, 0) is 56.1 Å². The van der Waals surface area contributed by atoms with Crippen LogP contribution in [0, 0.1) is 5.92 Å². The van der Waals surface area contributed by atoms with Gasteiger partial charge >= 0.3 is 0 Å². The first-order valence-electron chi connectivity index (χ1n) is 9.33. The number of anilines is 1. The molecule has 1 aliphatic rings. The summed E-state index contributed by atoms with van der Waals surface area (Å²) in [6, 6.07) is 16.3. The van der Waals surface area contributed by atoms with Gasteiger partial charge in [0.05, 0.1) is 6.42 Å². The van der Waals surface area contributed by atoms with Crippen LogP contribution in [-0.4, -0.2) is 36.9 Å². The topological polar surface area (TPSA) is 75.4 Å². The smallest absolute Gasteiger partial charge is 0.228 e. The molecule has 1 unspecified atom stereocenters. The lowest BCUT2D eigenvalue weighted by atomic mass is 9.89. The maximum absolute atomic E-state index is 12.1. The van der Waals surface area contributed by atoms with Gasteiger partial charge in [-0.25, -0.2) is 0 Å². The standard InChI is InChI=1S/C22H27N3O2/c1-25(2)19(12-16-8-9-20-17(11-16)14-21(26)24-20)13-18(22(23)27)10-15-6-4-3-5-7-15/h3-9,11,18-19H,10,12-14H2,1-2H3,(H2,23,27)(H,24,26)/t18?,19-/m1/s1. The maximum atomic E-state index is 12.1. The van der Waals surface area contributed by atoms with E-state index in [0.717, 1.165) is 23.2 Å². The molecule has 142 valence electrons. The maximum Gasteiger partial charge on any atom is 0.228 e. The van der Waals surface area contributed by atoms with Crippen LogP contribution in [-0.2, 0) is 28.9 Å². The Balaban J connectivity index is 1.72. The summed E-state index contributed by atoms with van der Waals surface area (Å²) in [6.07, 6.45) is 2.61. The molecule has 0 radical (unpaired) electrons. The minimum atomic E-state index is -0.255. The zero-order valence-electron chi connectivity index (χ0n) is 15.9. The fourth-order valence-corrected chi connectivity index (χ4v) is 3.69. The van der Waals surface area contributed by atoms with Crippen molar-refractivity contribution in [1.29, 1.82) is 0 Å². The van der Waals surface area contributed by atoms with Crippen molar-refractivity contribution in [2.45, 2.75) is 31.7 Å². The van der Waals surface area contributed by atoms with Gasteiger partial charge in [-0.15, -0.1) is 0 Å². The second kappa shape index (κ2) is 8.35. The number of fused-ring (bicyclic) bond motifs is 1. The lowest BCUT2D eigenvalue weighted by Gasteiger charge is -2.28. The number of carbonyl (C=O) groups is 2. The number of nitrogens with zero attached hydrogens (tertiary/aromatic N) is 1. The molecule has 0 saturated carbocycles. The largest absolute Gasteiger partial charge is 0.369 e. The summed E-state index contributed by atoms with van der Waals surface area (Å²) in [4.78, 5) is 25.8. The molecule has 2 aromatic rings. The highest BCUT2D eigenvalue weighted by Gasteiger charge is 2.24. The number of hydrogen-bond donors (Lipinski definition) is 2. The summed E-state index contributed by atoms with van der Waals surface area (Å²) < 4.78 is 0. The Bertz CT molecular complexity index is 818. The van der Waals surface area contributed by atoms with Crippen LogP contribution in [0.3, 0.4) is 0 Å². The van der Waals surface area contributed by atoms with Gasteiger partial charge in [0.25, 0.3) is 0 Å². The van der Waals surface area contributed by atoms with Gasteiger partial charge in [0.15, 0.2) is 0 Å². The molecular formula is C22H27N3O2. The van der Waals surface area contributed by atoms with E-state index < -0.39 is 0 Å². The second-order valence-corrected chi connectivity index (χ2v) is 7.56. The highest BCUT2D eigenvalue weighted by atomic mass is 16.2. The number of amides is 2. The predicted octanol–water partition coefficient (Wildman–Crippen LogP) is 2.39. The van der Waals surface area contributed by atoms with E-state index in [9.17, 15) is 9.59 Å². The highest BCUT2D eigenvalue weighted by Crippen LogP contribution is 2.26. The van der Waals surface area contributed by atoms with Gasteiger partial charge in [-0.1, -0.05) is 42.5 Å². The predicted molar refractivity (Wildman–Crippen MR) is 107 cm³/mol. The Kier molecular flexibility index (Phi) is 5.91. The van der Waals surface area contributed by atoms with E-state index in [4.69, 9.17) is 5.73 Å².